The summed E-state index contributed by atoms with van der Waals surface area (Å²) in [5, 5.41) is 3.56. The largest absolute Gasteiger partial charge is 0.371 e. The van der Waals surface area contributed by atoms with E-state index in [1.165, 1.54) is 37.2 Å². The predicted octanol–water partition coefficient (Wildman–Crippen LogP) is 2.25. The monoisotopic (exact) mass is 273 g/mol. The molecule has 3 rings (SSSR count). The Kier molecular flexibility index (Phi) is 3.99. The van der Waals surface area contributed by atoms with Crippen LogP contribution in [-0.2, 0) is 13.0 Å². The van der Waals surface area contributed by atoms with Crippen molar-refractivity contribution in [1.82, 2.24) is 10.2 Å². The minimum atomic E-state index is 0.592. The van der Waals surface area contributed by atoms with Crippen LogP contribution in [0.2, 0.25) is 0 Å². The van der Waals surface area contributed by atoms with E-state index in [1.807, 2.05) is 0 Å². The summed E-state index contributed by atoms with van der Waals surface area (Å²) < 4.78 is 0. The maximum absolute atomic E-state index is 3.56. The third kappa shape index (κ3) is 2.70. The van der Waals surface area contributed by atoms with Crippen LogP contribution in [0.1, 0.15) is 30.9 Å². The topological polar surface area (TPSA) is 18.5 Å². The van der Waals surface area contributed by atoms with Crippen molar-refractivity contribution in [3.63, 3.8) is 0 Å². The molecule has 0 spiro atoms. The average Bonchev–Trinajstić information content (AvgIpc) is 2.46. The molecule has 1 saturated heterocycles. The molecule has 110 valence electrons. The molecule has 0 aromatic heterocycles. The van der Waals surface area contributed by atoms with E-state index in [1.54, 1.807) is 5.56 Å². The van der Waals surface area contributed by atoms with Crippen molar-refractivity contribution < 1.29 is 0 Å². The van der Waals surface area contributed by atoms with Gasteiger partial charge in [0.2, 0.25) is 0 Å². The van der Waals surface area contributed by atoms with Gasteiger partial charge in [0.1, 0.15) is 0 Å². The van der Waals surface area contributed by atoms with Crippen LogP contribution >= 0.6 is 0 Å². The normalized spacial score (nSPS) is 24.4. The lowest BCUT2D eigenvalue weighted by atomic mass is 9.93. The van der Waals surface area contributed by atoms with Gasteiger partial charge in [-0.2, -0.15) is 0 Å². The number of nitrogens with zero attached hydrogens (tertiary/aromatic N) is 2. The molecule has 0 saturated carbocycles. The summed E-state index contributed by atoms with van der Waals surface area (Å²) in [6.07, 6.45) is 3.72. The van der Waals surface area contributed by atoms with Gasteiger partial charge in [0.25, 0.3) is 0 Å². The summed E-state index contributed by atoms with van der Waals surface area (Å²) in [6, 6.07) is 8.10. The van der Waals surface area contributed by atoms with Crippen molar-refractivity contribution in [2.24, 2.45) is 0 Å². The number of hydrogen-bond acceptors (Lipinski definition) is 3. The number of hydrogen-bond donors (Lipinski definition) is 1. The third-order valence-corrected chi connectivity index (χ3v) is 5.02. The fourth-order valence-electron chi connectivity index (χ4n) is 3.59. The molecular formula is C17H27N3. The lowest BCUT2D eigenvalue weighted by molar-refractivity contribution is 0.252. The Labute approximate surface area is 123 Å². The van der Waals surface area contributed by atoms with Gasteiger partial charge in [-0.05, 0) is 63.5 Å². The molecule has 1 unspecified atom stereocenters. The van der Waals surface area contributed by atoms with Gasteiger partial charge in [0.15, 0.2) is 0 Å². The van der Waals surface area contributed by atoms with Gasteiger partial charge < -0.3 is 15.1 Å². The molecule has 2 aliphatic rings. The minimum Gasteiger partial charge on any atom is -0.371 e. The maximum atomic E-state index is 3.56. The smallest absolute Gasteiger partial charge is 0.0402 e. The second-order valence-electron chi connectivity index (χ2n) is 6.55. The highest BCUT2D eigenvalue weighted by atomic mass is 15.2. The van der Waals surface area contributed by atoms with E-state index in [2.05, 4.69) is 54.3 Å². The lowest BCUT2D eigenvalue weighted by Gasteiger charge is -2.38. The molecule has 1 fully saturated rings. The molecule has 0 bridgehead atoms. The molecular weight excluding hydrogens is 246 g/mol. The van der Waals surface area contributed by atoms with Gasteiger partial charge >= 0.3 is 0 Å². The van der Waals surface area contributed by atoms with E-state index < -0.39 is 0 Å². The molecule has 3 heteroatoms. The molecule has 0 aliphatic carbocycles. The van der Waals surface area contributed by atoms with Gasteiger partial charge in [-0.3, -0.25) is 0 Å². The Morgan fingerprint density at radius 1 is 1.25 bits per heavy atom. The molecule has 1 aromatic rings. The first-order valence-corrected chi connectivity index (χ1v) is 7.90. The summed E-state index contributed by atoms with van der Waals surface area (Å²) in [5.41, 5.74) is 4.52. The van der Waals surface area contributed by atoms with Gasteiger partial charge in [-0.1, -0.05) is 12.1 Å². The number of piperidine rings is 1. The average molecular weight is 273 g/mol. The van der Waals surface area contributed by atoms with Crippen LogP contribution in [0.25, 0.3) is 0 Å². The Hall–Kier alpha value is -1.06. The van der Waals surface area contributed by atoms with Crippen molar-refractivity contribution in [2.45, 2.75) is 44.8 Å². The standard InChI is InChI=1S/C17H27N3/c1-13-11-16-14(12-18-13)5-4-6-17(16)20(3)15-7-9-19(2)10-8-15/h4-6,13,15,18H,7-12H2,1-3H3. The van der Waals surface area contributed by atoms with Crippen molar-refractivity contribution in [3.05, 3.63) is 29.3 Å². The second-order valence-corrected chi connectivity index (χ2v) is 6.55. The third-order valence-electron chi connectivity index (χ3n) is 5.02. The van der Waals surface area contributed by atoms with Gasteiger partial charge in [0.05, 0.1) is 0 Å². The minimum absolute atomic E-state index is 0.592. The van der Waals surface area contributed by atoms with Crippen LogP contribution in [-0.4, -0.2) is 44.2 Å². The molecule has 3 nitrogen and oxygen atoms in total. The van der Waals surface area contributed by atoms with Gasteiger partial charge in [0, 0.05) is 31.4 Å². The highest BCUT2D eigenvalue weighted by Gasteiger charge is 2.24. The van der Waals surface area contributed by atoms with E-state index in [0.717, 1.165) is 13.0 Å². The highest BCUT2D eigenvalue weighted by molar-refractivity contribution is 5.58. The number of anilines is 1. The van der Waals surface area contributed by atoms with Crippen LogP contribution in [0.5, 0.6) is 0 Å². The first-order valence-electron chi connectivity index (χ1n) is 7.90. The summed E-state index contributed by atoms with van der Waals surface area (Å²) >= 11 is 0. The summed E-state index contributed by atoms with van der Waals surface area (Å²) in [5.74, 6) is 0. The van der Waals surface area contributed by atoms with E-state index in [0.29, 0.717) is 12.1 Å². The summed E-state index contributed by atoms with van der Waals surface area (Å²) in [4.78, 5) is 4.99. The van der Waals surface area contributed by atoms with E-state index >= 15 is 0 Å². The Balaban J connectivity index is 1.83. The quantitative estimate of drug-likeness (QED) is 0.891. The number of benzene rings is 1. The van der Waals surface area contributed by atoms with Crippen molar-refractivity contribution >= 4 is 5.69 Å². The zero-order chi connectivity index (χ0) is 14.1. The van der Waals surface area contributed by atoms with Crippen LogP contribution in [0.4, 0.5) is 5.69 Å². The predicted molar refractivity (Wildman–Crippen MR) is 85.4 cm³/mol. The Morgan fingerprint density at radius 3 is 2.75 bits per heavy atom. The number of likely N-dealkylation sites (tertiary alicyclic amines) is 1. The second kappa shape index (κ2) is 5.74. The van der Waals surface area contributed by atoms with E-state index in [-0.39, 0.29) is 0 Å². The molecule has 1 atom stereocenters. The SMILES string of the molecule is CC1Cc2c(cccc2N(C)C2CCN(C)CC2)CN1. The van der Waals surface area contributed by atoms with Crippen molar-refractivity contribution in [3.8, 4) is 0 Å². The summed E-state index contributed by atoms with van der Waals surface area (Å²) in [7, 11) is 4.52. The lowest BCUT2D eigenvalue weighted by Crippen LogP contribution is -2.43. The molecule has 1 N–H and O–H groups in total. The molecule has 20 heavy (non-hydrogen) atoms. The van der Waals surface area contributed by atoms with Crippen LogP contribution in [0, 0.1) is 0 Å². The highest BCUT2D eigenvalue weighted by Crippen LogP contribution is 2.30. The number of nitrogens with one attached hydrogen (secondary N) is 1. The van der Waals surface area contributed by atoms with E-state index in [9.17, 15) is 0 Å². The fraction of sp³-hybridized carbons (Fsp3) is 0.647. The first-order chi connectivity index (χ1) is 9.65. The molecule has 2 aliphatic heterocycles. The molecule has 0 amide bonds. The Morgan fingerprint density at radius 2 is 2.00 bits per heavy atom. The van der Waals surface area contributed by atoms with Crippen molar-refractivity contribution in [1.29, 1.82) is 0 Å². The van der Waals surface area contributed by atoms with E-state index in [4.69, 9.17) is 0 Å². The number of fused-ring (bicyclic) bond motifs is 1. The van der Waals surface area contributed by atoms with Gasteiger partial charge in [-0.25, -0.2) is 0 Å². The zero-order valence-electron chi connectivity index (χ0n) is 13.0. The zero-order valence-corrected chi connectivity index (χ0v) is 13.0. The van der Waals surface area contributed by atoms with Crippen molar-refractivity contribution in [2.75, 3.05) is 32.1 Å². The van der Waals surface area contributed by atoms with Crippen LogP contribution in [0.3, 0.4) is 0 Å². The van der Waals surface area contributed by atoms with Crippen LogP contribution < -0.4 is 10.2 Å². The fourth-order valence-corrected chi connectivity index (χ4v) is 3.59. The summed E-state index contributed by atoms with van der Waals surface area (Å²) in [6.45, 7) is 5.75. The van der Waals surface area contributed by atoms with Gasteiger partial charge in [-0.15, -0.1) is 0 Å². The molecule has 0 radical (unpaired) electrons. The number of rotatable bonds is 2. The Bertz CT molecular complexity index is 463. The first kappa shape index (κ1) is 13.9. The maximum Gasteiger partial charge on any atom is 0.0402 e. The van der Waals surface area contributed by atoms with Crippen LogP contribution in [0.15, 0.2) is 18.2 Å². The molecule has 1 aromatic carbocycles. The molecule has 2 heterocycles.